The van der Waals surface area contributed by atoms with Crippen molar-refractivity contribution in [1.82, 2.24) is 54.9 Å². The number of hydrogen-bond acceptors (Lipinski definition) is 17. The number of piperazine rings is 2. The van der Waals surface area contributed by atoms with Crippen LogP contribution in [0, 0.1) is 17.6 Å². The standard InChI is InChI=1S/C48H59F2N15O6/c1-48(2,3)65-45-38(43(51)54-27-55-45)39(57-65)40-37(42(71-58-40)29-5-6-29)44-52-23-31(24-53-44)61-17-19-64(20-18-61)47(69)70-26-36(67)62-11-9-28(10-12-62)25-60-13-15-63(16-14-60)41-32(49)21-30(22-33(41)50)59(4)34-7-8-35(66)56-46(34)68/h21-24,27-29,34H,5-20,25-26H2,1-4H3,(H2,51,54,55)(H,56,66,68). The molecule has 1 aliphatic carbocycles. The van der Waals surface area contributed by atoms with E-state index in [9.17, 15) is 19.2 Å². The van der Waals surface area contributed by atoms with Gasteiger partial charge < -0.3 is 39.5 Å². The van der Waals surface area contributed by atoms with Crippen molar-refractivity contribution in [3.05, 3.63) is 48.2 Å². The fraction of sp³-hybridized carbons (Fsp3) is 0.542. The summed E-state index contributed by atoms with van der Waals surface area (Å²) >= 11 is 0. The number of hydrogen-bond donors (Lipinski definition) is 2. The van der Waals surface area contributed by atoms with Gasteiger partial charge in [-0.15, -0.1) is 0 Å². The lowest BCUT2D eigenvalue weighted by Gasteiger charge is -2.40. The smallest absolute Gasteiger partial charge is 0.410 e. The Morgan fingerprint density at radius 2 is 1.54 bits per heavy atom. The van der Waals surface area contributed by atoms with Gasteiger partial charge >= 0.3 is 6.09 Å². The Balaban J connectivity index is 0.668. The van der Waals surface area contributed by atoms with Gasteiger partial charge in [-0.05, 0) is 70.9 Å². The number of likely N-dealkylation sites (tertiary alicyclic amines) is 1. The van der Waals surface area contributed by atoms with Crippen LogP contribution in [-0.4, -0.2) is 165 Å². The molecule has 4 saturated heterocycles. The number of benzene rings is 1. The Hall–Kier alpha value is -7.04. The molecule has 4 aliphatic heterocycles. The molecule has 0 spiro atoms. The molecule has 0 radical (unpaired) electrons. The van der Waals surface area contributed by atoms with E-state index < -0.39 is 35.2 Å². The number of ether oxygens (including phenoxy) is 1. The number of imide groups is 1. The molecule has 8 heterocycles. The maximum Gasteiger partial charge on any atom is 0.410 e. The summed E-state index contributed by atoms with van der Waals surface area (Å²) < 4.78 is 44.2. The Kier molecular flexibility index (Phi) is 12.9. The highest BCUT2D eigenvalue weighted by Gasteiger charge is 2.38. The largest absolute Gasteiger partial charge is 0.439 e. The van der Waals surface area contributed by atoms with Crippen molar-refractivity contribution in [2.75, 3.05) is 106 Å². The summed E-state index contributed by atoms with van der Waals surface area (Å²) in [5.41, 5.74) is 9.17. The molecule has 4 amide bonds. The van der Waals surface area contributed by atoms with E-state index in [4.69, 9.17) is 30.1 Å². The van der Waals surface area contributed by atoms with Crippen molar-refractivity contribution < 1.29 is 37.2 Å². The average molecular weight is 980 g/mol. The molecule has 1 saturated carbocycles. The van der Waals surface area contributed by atoms with Crippen LogP contribution in [0.3, 0.4) is 0 Å². The van der Waals surface area contributed by atoms with Gasteiger partial charge in [0.25, 0.3) is 5.91 Å². The minimum atomic E-state index is -0.701. The van der Waals surface area contributed by atoms with Crippen molar-refractivity contribution in [2.45, 2.75) is 76.8 Å². The van der Waals surface area contributed by atoms with Crippen LogP contribution in [0.25, 0.3) is 33.8 Å². The van der Waals surface area contributed by atoms with Crippen molar-refractivity contribution >= 4 is 57.7 Å². The third-order valence-electron chi connectivity index (χ3n) is 14.4. The number of nitrogens with one attached hydrogen (secondary N) is 1. The van der Waals surface area contributed by atoms with E-state index in [1.54, 1.807) is 34.1 Å². The van der Waals surface area contributed by atoms with Crippen LogP contribution in [0.15, 0.2) is 35.4 Å². The molecule has 1 unspecified atom stereocenters. The Morgan fingerprint density at radius 3 is 2.18 bits per heavy atom. The van der Waals surface area contributed by atoms with Crippen LogP contribution in [0.5, 0.6) is 0 Å². The number of aromatic nitrogens is 7. The van der Waals surface area contributed by atoms with Crippen LogP contribution < -0.4 is 25.8 Å². The topological polar surface area (TPSA) is 230 Å². The van der Waals surface area contributed by atoms with E-state index >= 15 is 8.78 Å². The molecule has 5 aromatic rings. The second-order valence-corrected chi connectivity index (χ2v) is 20.2. The van der Waals surface area contributed by atoms with Crippen molar-refractivity contribution in [2.24, 2.45) is 5.92 Å². The summed E-state index contributed by atoms with van der Waals surface area (Å²) in [4.78, 5) is 79.5. The first kappa shape index (κ1) is 47.6. The number of carbonyl (C=O) groups is 4. The first-order chi connectivity index (χ1) is 34.1. The lowest BCUT2D eigenvalue weighted by Crippen LogP contribution is -2.51. The summed E-state index contributed by atoms with van der Waals surface area (Å²) in [6.45, 7) is 11.6. The number of fused-ring (bicyclic) bond motifs is 1. The molecule has 5 fully saturated rings. The van der Waals surface area contributed by atoms with Gasteiger partial charge in [-0.2, -0.15) is 5.10 Å². The van der Waals surface area contributed by atoms with E-state index in [2.05, 4.69) is 30.2 Å². The van der Waals surface area contributed by atoms with Gasteiger partial charge in [-0.3, -0.25) is 24.6 Å². The fourth-order valence-corrected chi connectivity index (χ4v) is 10.2. The number of likely N-dealkylation sites (N-methyl/N-ethyl adjacent to an activating group) is 1. The second kappa shape index (κ2) is 19.3. The molecule has 4 aromatic heterocycles. The summed E-state index contributed by atoms with van der Waals surface area (Å²) in [5.74, 6) is -0.474. The quantitative estimate of drug-likeness (QED) is 0.178. The zero-order valence-corrected chi connectivity index (χ0v) is 40.4. The van der Waals surface area contributed by atoms with Crippen LogP contribution >= 0.6 is 0 Å². The van der Waals surface area contributed by atoms with Crippen LogP contribution in [0.4, 0.5) is 36.5 Å². The van der Waals surface area contributed by atoms with Gasteiger partial charge in [-0.25, -0.2) is 38.2 Å². The highest BCUT2D eigenvalue weighted by atomic mass is 19.1. The number of piperidine rings is 2. The molecular formula is C48H59F2N15O6. The zero-order chi connectivity index (χ0) is 49.7. The zero-order valence-electron chi connectivity index (χ0n) is 40.4. The average Bonchev–Trinajstić information content (AvgIpc) is 3.98. The predicted molar refractivity (Wildman–Crippen MR) is 257 cm³/mol. The third-order valence-corrected chi connectivity index (χ3v) is 14.4. The van der Waals surface area contributed by atoms with Crippen molar-refractivity contribution in [1.29, 1.82) is 0 Å². The van der Waals surface area contributed by atoms with Gasteiger partial charge in [0.2, 0.25) is 11.8 Å². The predicted octanol–water partition coefficient (Wildman–Crippen LogP) is 3.99. The van der Waals surface area contributed by atoms with E-state index in [1.165, 1.54) is 23.4 Å². The molecule has 376 valence electrons. The summed E-state index contributed by atoms with van der Waals surface area (Å²) in [5, 5.41) is 12.3. The number of nitrogens with zero attached hydrogens (tertiary/aromatic N) is 13. The van der Waals surface area contributed by atoms with E-state index in [0.717, 1.165) is 37.9 Å². The molecule has 21 nitrogen and oxygen atoms in total. The molecular weight excluding hydrogens is 921 g/mol. The maximum atomic E-state index is 15.4. The molecule has 1 aromatic carbocycles. The second-order valence-electron chi connectivity index (χ2n) is 20.2. The molecule has 3 N–H and O–H groups in total. The van der Waals surface area contributed by atoms with Gasteiger partial charge in [-0.1, -0.05) is 5.16 Å². The molecule has 5 aliphatic rings. The van der Waals surface area contributed by atoms with E-state index in [-0.39, 0.29) is 54.4 Å². The number of carbonyl (C=O) groups excluding carboxylic acids is 4. The van der Waals surface area contributed by atoms with Gasteiger partial charge in [0.15, 0.2) is 35.5 Å². The summed E-state index contributed by atoms with van der Waals surface area (Å²) in [7, 11) is 1.59. The van der Waals surface area contributed by atoms with Gasteiger partial charge in [0, 0.05) is 97.1 Å². The number of anilines is 4. The summed E-state index contributed by atoms with van der Waals surface area (Å²) in [6.07, 6.45) is 8.37. The van der Waals surface area contributed by atoms with Crippen molar-refractivity contribution in [3.63, 3.8) is 0 Å². The lowest BCUT2D eigenvalue weighted by atomic mass is 9.96. The minimum absolute atomic E-state index is 0.0853. The molecule has 23 heteroatoms. The molecule has 71 heavy (non-hydrogen) atoms. The van der Waals surface area contributed by atoms with Crippen LogP contribution in [0.1, 0.15) is 71.0 Å². The van der Waals surface area contributed by atoms with E-state index in [0.29, 0.717) is 111 Å². The maximum absolute atomic E-state index is 15.4. The number of nitrogen functional groups attached to an aromatic ring is 1. The Labute approximate surface area is 408 Å². The Bertz CT molecular complexity index is 2800. The van der Waals surface area contributed by atoms with Crippen LogP contribution in [-0.2, 0) is 24.7 Å². The lowest BCUT2D eigenvalue weighted by molar-refractivity contribution is -0.136. The monoisotopic (exact) mass is 979 g/mol. The van der Waals surface area contributed by atoms with Crippen molar-refractivity contribution in [3.8, 4) is 22.8 Å². The fourth-order valence-electron chi connectivity index (χ4n) is 10.2. The first-order valence-corrected chi connectivity index (χ1v) is 24.4. The molecule has 10 rings (SSSR count). The summed E-state index contributed by atoms with van der Waals surface area (Å²) in [6, 6.07) is 1.79. The SMILES string of the molecule is CN(c1cc(F)c(N2CCN(CC3CCN(C(=O)COC(=O)N4CCN(c5cnc(-c6c(-c7nn(C(C)(C)C)c8ncnc(N)c78)noc6C6CC6)nc5)CC4)CC3)CC2)c(F)c1)C1CCC(=O)NC1=O. The van der Waals surface area contributed by atoms with Gasteiger partial charge in [0.05, 0.1) is 34.6 Å². The molecule has 0 bridgehead atoms. The minimum Gasteiger partial charge on any atom is -0.439 e. The highest BCUT2D eigenvalue weighted by Crippen LogP contribution is 2.48. The Morgan fingerprint density at radius 1 is 0.859 bits per heavy atom. The number of amides is 4. The third kappa shape index (κ3) is 9.74. The van der Waals surface area contributed by atoms with Crippen LogP contribution in [0.2, 0.25) is 0 Å². The van der Waals surface area contributed by atoms with E-state index in [1.807, 2.05) is 25.5 Å². The highest BCUT2D eigenvalue weighted by molar-refractivity contribution is 6.02. The van der Waals surface area contributed by atoms with Gasteiger partial charge in [0.1, 0.15) is 35.3 Å². The number of nitrogens with two attached hydrogens (primary N) is 1. The number of halogens is 2. The normalized spacial score (nSPS) is 19.7. The number of rotatable bonds is 11. The first-order valence-electron chi connectivity index (χ1n) is 24.4. The molecule has 1 atom stereocenters.